The molecule has 0 aliphatic carbocycles. The van der Waals surface area contributed by atoms with Crippen molar-refractivity contribution in [3.05, 3.63) is 12.7 Å². The van der Waals surface area contributed by atoms with E-state index in [1.165, 1.54) is 83.5 Å². The molecule has 0 fully saturated rings. The van der Waals surface area contributed by atoms with Crippen LogP contribution in [0.3, 0.4) is 0 Å². The van der Waals surface area contributed by atoms with E-state index in [0.717, 1.165) is 5.92 Å². The van der Waals surface area contributed by atoms with Gasteiger partial charge in [-0.25, -0.2) is 0 Å². The topological polar surface area (TPSA) is 0 Å². The van der Waals surface area contributed by atoms with Crippen molar-refractivity contribution in [3.8, 4) is 0 Å². The van der Waals surface area contributed by atoms with Crippen LogP contribution in [0.5, 0.6) is 0 Å². The van der Waals surface area contributed by atoms with Gasteiger partial charge in [0.05, 0.1) is 0 Å². The molecule has 0 heteroatoms. The molecule has 0 heterocycles. The summed E-state index contributed by atoms with van der Waals surface area (Å²) in [5.74, 6) is 0.962. The lowest BCUT2D eigenvalue weighted by molar-refractivity contribution is 0.436. The number of unbranched alkanes of at least 4 members (excludes halogenated alkanes) is 9. The second kappa shape index (κ2) is 14.8. The monoisotopic (exact) mass is 252 g/mol. The zero-order valence-electron chi connectivity index (χ0n) is 13.1. The number of hydrogen-bond acceptors (Lipinski definition) is 0. The van der Waals surface area contributed by atoms with E-state index in [-0.39, 0.29) is 0 Å². The van der Waals surface area contributed by atoms with Gasteiger partial charge >= 0.3 is 0 Å². The maximum absolute atomic E-state index is 3.76. The molecule has 0 amide bonds. The fourth-order valence-corrected chi connectivity index (χ4v) is 2.55. The molecule has 0 aromatic carbocycles. The predicted molar refractivity (Wildman–Crippen MR) is 85.1 cm³/mol. The second-order valence-corrected chi connectivity index (χ2v) is 5.94. The summed E-state index contributed by atoms with van der Waals surface area (Å²) in [7, 11) is 0. The first-order valence-electron chi connectivity index (χ1n) is 8.42. The van der Waals surface area contributed by atoms with Crippen molar-refractivity contribution >= 4 is 0 Å². The summed E-state index contributed by atoms with van der Waals surface area (Å²) in [6, 6.07) is 0. The molecule has 0 aromatic heterocycles. The van der Waals surface area contributed by atoms with Crippen molar-refractivity contribution in [3.63, 3.8) is 0 Å². The van der Waals surface area contributed by atoms with Crippen LogP contribution in [-0.4, -0.2) is 0 Å². The van der Waals surface area contributed by atoms with Crippen LogP contribution in [0.4, 0.5) is 0 Å². The van der Waals surface area contributed by atoms with Gasteiger partial charge in [-0.05, 0) is 18.8 Å². The third-order valence-corrected chi connectivity index (χ3v) is 3.91. The molecule has 1 unspecified atom stereocenters. The minimum Gasteiger partial charge on any atom is -0.103 e. The largest absolute Gasteiger partial charge is 0.103 e. The third-order valence-electron chi connectivity index (χ3n) is 3.91. The molecule has 0 aromatic rings. The van der Waals surface area contributed by atoms with Gasteiger partial charge in [-0.2, -0.15) is 0 Å². The average Bonchev–Trinajstić information content (AvgIpc) is 2.37. The zero-order chi connectivity index (χ0) is 13.5. The van der Waals surface area contributed by atoms with Crippen molar-refractivity contribution in [2.45, 2.75) is 97.3 Å². The van der Waals surface area contributed by atoms with E-state index in [4.69, 9.17) is 0 Å². The van der Waals surface area contributed by atoms with Gasteiger partial charge in [0.2, 0.25) is 0 Å². The zero-order valence-corrected chi connectivity index (χ0v) is 13.1. The summed E-state index contributed by atoms with van der Waals surface area (Å²) < 4.78 is 0. The Bertz CT molecular complexity index is 159. The summed E-state index contributed by atoms with van der Waals surface area (Å²) in [5, 5.41) is 0. The molecule has 0 saturated carbocycles. The molecule has 0 rings (SSSR count). The molecule has 0 aliphatic rings. The Hall–Kier alpha value is -0.260. The van der Waals surface area contributed by atoms with E-state index in [1.54, 1.807) is 0 Å². The summed E-state index contributed by atoms with van der Waals surface area (Å²) in [6.07, 6.45) is 20.4. The molecule has 18 heavy (non-hydrogen) atoms. The molecule has 1 atom stereocenters. The van der Waals surface area contributed by atoms with Gasteiger partial charge in [-0.1, -0.05) is 90.6 Å². The molecule has 108 valence electrons. The fourth-order valence-electron chi connectivity index (χ4n) is 2.55. The van der Waals surface area contributed by atoms with E-state index in [2.05, 4.69) is 20.4 Å². The summed E-state index contributed by atoms with van der Waals surface area (Å²) in [4.78, 5) is 0. The molecule has 0 N–H and O–H groups in total. The molecule has 0 nitrogen and oxygen atoms in total. The molecule has 0 aliphatic heterocycles. The maximum atomic E-state index is 3.76. The molecule has 0 spiro atoms. The summed E-state index contributed by atoms with van der Waals surface area (Å²) in [6.45, 7) is 8.49. The molecule has 0 bridgehead atoms. The van der Waals surface area contributed by atoms with Crippen LogP contribution < -0.4 is 0 Å². The Kier molecular flexibility index (Phi) is 14.6. The van der Waals surface area contributed by atoms with Gasteiger partial charge in [-0.3, -0.25) is 0 Å². The Morgan fingerprint density at radius 2 is 1.28 bits per heavy atom. The molecular formula is C18H36. The van der Waals surface area contributed by atoms with Crippen LogP contribution >= 0.6 is 0 Å². The lowest BCUT2D eigenvalue weighted by atomic mass is 9.96. The Morgan fingerprint density at radius 1 is 0.778 bits per heavy atom. The van der Waals surface area contributed by atoms with Crippen LogP contribution in [0.25, 0.3) is 0 Å². The number of allylic oxidation sites excluding steroid dienone is 1. The highest BCUT2D eigenvalue weighted by Crippen LogP contribution is 2.17. The van der Waals surface area contributed by atoms with Crippen molar-refractivity contribution in [1.82, 2.24) is 0 Å². The lowest BCUT2D eigenvalue weighted by Gasteiger charge is -2.10. The first-order valence-corrected chi connectivity index (χ1v) is 8.42. The number of rotatable bonds is 14. The van der Waals surface area contributed by atoms with Crippen molar-refractivity contribution in [1.29, 1.82) is 0 Å². The molecular weight excluding hydrogens is 216 g/mol. The summed E-state index contributed by atoms with van der Waals surface area (Å²) in [5.41, 5.74) is 0. The lowest BCUT2D eigenvalue weighted by Crippen LogP contribution is -1.94. The normalized spacial score (nSPS) is 12.6. The van der Waals surface area contributed by atoms with Gasteiger partial charge in [0, 0.05) is 0 Å². The quantitative estimate of drug-likeness (QED) is 0.233. The van der Waals surface area contributed by atoms with Crippen LogP contribution in [0.2, 0.25) is 0 Å². The average molecular weight is 252 g/mol. The molecule has 0 radical (unpaired) electrons. The first kappa shape index (κ1) is 17.7. The van der Waals surface area contributed by atoms with Gasteiger partial charge in [0.25, 0.3) is 0 Å². The van der Waals surface area contributed by atoms with Crippen LogP contribution in [-0.2, 0) is 0 Å². The highest BCUT2D eigenvalue weighted by atomic mass is 14.1. The Morgan fingerprint density at radius 3 is 1.83 bits per heavy atom. The van der Waals surface area contributed by atoms with E-state index in [0.29, 0.717) is 0 Å². The second-order valence-electron chi connectivity index (χ2n) is 5.94. The van der Waals surface area contributed by atoms with Crippen molar-refractivity contribution < 1.29 is 0 Å². The van der Waals surface area contributed by atoms with Crippen LogP contribution in [0.15, 0.2) is 12.7 Å². The minimum absolute atomic E-state index is 0.962. The van der Waals surface area contributed by atoms with E-state index < -0.39 is 0 Å². The van der Waals surface area contributed by atoms with E-state index >= 15 is 0 Å². The van der Waals surface area contributed by atoms with Crippen LogP contribution in [0.1, 0.15) is 97.3 Å². The van der Waals surface area contributed by atoms with Crippen molar-refractivity contribution in [2.24, 2.45) is 5.92 Å². The smallest absolute Gasteiger partial charge is 0.0353 e. The standard InChI is InChI=1S/C18H36/c1-4-6-8-9-10-11-12-13-15-17-18(3)16-14-7-5-2/h4,18H,1,5-17H2,2-3H3. The minimum atomic E-state index is 0.962. The molecule has 0 saturated heterocycles. The third kappa shape index (κ3) is 13.8. The number of hydrogen-bond donors (Lipinski definition) is 0. The van der Waals surface area contributed by atoms with Gasteiger partial charge in [0.15, 0.2) is 0 Å². The van der Waals surface area contributed by atoms with Gasteiger partial charge in [-0.15, -0.1) is 6.58 Å². The van der Waals surface area contributed by atoms with E-state index in [1.807, 2.05) is 6.08 Å². The summed E-state index contributed by atoms with van der Waals surface area (Å²) >= 11 is 0. The predicted octanol–water partition coefficient (Wildman–Crippen LogP) is 6.90. The highest BCUT2D eigenvalue weighted by Gasteiger charge is 2.01. The maximum Gasteiger partial charge on any atom is -0.0353 e. The van der Waals surface area contributed by atoms with Gasteiger partial charge < -0.3 is 0 Å². The van der Waals surface area contributed by atoms with Crippen molar-refractivity contribution in [2.75, 3.05) is 0 Å². The first-order chi connectivity index (χ1) is 8.81. The highest BCUT2D eigenvalue weighted by molar-refractivity contribution is 4.65. The van der Waals surface area contributed by atoms with Crippen LogP contribution in [0, 0.1) is 5.92 Å². The van der Waals surface area contributed by atoms with Gasteiger partial charge in [0.1, 0.15) is 0 Å². The Balaban J connectivity index is 3.07. The van der Waals surface area contributed by atoms with E-state index in [9.17, 15) is 0 Å². The SMILES string of the molecule is C=CCCCCCCCCCC(C)CCCCC. The fraction of sp³-hybridized carbons (Fsp3) is 0.889. The Labute approximate surface area is 116 Å².